The summed E-state index contributed by atoms with van der Waals surface area (Å²) in [6.07, 6.45) is 6.02. The highest BCUT2D eigenvalue weighted by molar-refractivity contribution is 5.97. The van der Waals surface area contributed by atoms with Gasteiger partial charge in [-0.2, -0.15) is 0 Å². The average molecular weight is 463 g/mol. The number of para-hydroxylation sites is 1. The van der Waals surface area contributed by atoms with E-state index in [4.69, 9.17) is 14.5 Å². The minimum Gasteiger partial charge on any atom is -0.491 e. The molecule has 0 bridgehead atoms. The Balaban J connectivity index is 1.17. The number of rotatable bonds is 7. The van der Waals surface area contributed by atoms with Gasteiger partial charge in [0.2, 0.25) is 0 Å². The first-order valence-electron chi connectivity index (χ1n) is 12.5. The van der Waals surface area contributed by atoms with Crippen LogP contribution in [0, 0.1) is 5.92 Å². The number of likely N-dealkylation sites (tertiary alicyclic amines) is 1. The van der Waals surface area contributed by atoms with Gasteiger partial charge >= 0.3 is 0 Å². The van der Waals surface area contributed by atoms with Crippen molar-refractivity contribution in [2.75, 3.05) is 52.5 Å². The third-order valence-electron chi connectivity index (χ3n) is 6.99. The summed E-state index contributed by atoms with van der Waals surface area (Å²) in [5.41, 5.74) is 2.74. The summed E-state index contributed by atoms with van der Waals surface area (Å²) in [7, 11) is 0. The number of amides is 1. The number of aromatic nitrogens is 2. The van der Waals surface area contributed by atoms with Gasteiger partial charge in [-0.1, -0.05) is 12.1 Å². The number of fused-ring (bicyclic) bond motifs is 1. The molecule has 1 unspecified atom stereocenters. The van der Waals surface area contributed by atoms with Crippen LogP contribution in [0.2, 0.25) is 0 Å². The second-order valence-electron chi connectivity index (χ2n) is 9.31. The third-order valence-corrected chi connectivity index (χ3v) is 6.99. The summed E-state index contributed by atoms with van der Waals surface area (Å²) in [5.74, 6) is 1.30. The summed E-state index contributed by atoms with van der Waals surface area (Å²) in [5, 5.41) is 1.15. The van der Waals surface area contributed by atoms with E-state index in [0.29, 0.717) is 23.8 Å². The molecule has 1 amide bonds. The van der Waals surface area contributed by atoms with Crippen LogP contribution in [0.3, 0.4) is 0 Å². The Labute approximate surface area is 201 Å². The predicted molar refractivity (Wildman–Crippen MR) is 132 cm³/mol. The summed E-state index contributed by atoms with van der Waals surface area (Å²) in [6.45, 7) is 6.42. The minimum atomic E-state index is 0.0774. The molecule has 7 heteroatoms. The van der Waals surface area contributed by atoms with Gasteiger partial charge in [0.25, 0.3) is 5.91 Å². The van der Waals surface area contributed by atoms with Gasteiger partial charge < -0.3 is 19.4 Å². The van der Waals surface area contributed by atoms with E-state index in [0.717, 1.165) is 88.3 Å². The van der Waals surface area contributed by atoms with Gasteiger partial charge in [0.1, 0.15) is 18.0 Å². The molecule has 1 aromatic carbocycles. The highest BCUT2D eigenvalue weighted by atomic mass is 16.5. The lowest BCUT2D eigenvalue weighted by Gasteiger charge is -2.26. The summed E-state index contributed by atoms with van der Waals surface area (Å²) in [6, 6.07) is 14.0. The van der Waals surface area contributed by atoms with E-state index in [1.807, 2.05) is 41.4 Å². The van der Waals surface area contributed by atoms with E-state index in [-0.39, 0.29) is 5.91 Å². The molecule has 0 radical (unpaired) electrons. The predicted octanol–water partition coefficient (Wildman–Crippen LogP) is 3.76. The molecule has 2 aliphatic rings. The van der Waals surface area contributed by atoms with E-state index >= 15 is 0 Å². The molecule has 180 valence electrons. The Bertz CT molecular complexity index is 1090. The number of morpholine rings is 1. The SMILES string of the molecule is O=C(c1ccccc1OCCN1CCOCC1)N1CCCC(Cc2ccc3cc[nH]c3n2)CC1. The van der Waals surface area contributed by atoms with E-state index in [1.165, 1.54) is 0 Å². The molecule has 2 fully saturated rings. The van der Waals surface area contributed by atoms with Crippen LogP contribution < -0.4 is 4.74 Å². The summed E-state index contributed by atoms with van der Waals surface area (Å²) in [4.78, 5) is 25.7. The van der Waals surface area contributed by atoms with Gasteiger partial charge in [-0.15, -0.1) is 0 Å². The van der Waals surface area contributed by atoms with E-state index in [1.54, 1.807) is 0 Å². The number of hydrogen-bond acceptors (Lipinski definition) is 5. The number of benzene rings is 1. The maximum absolute atomic E-state index is 13.4. The fourth-order valence-electron chi connectivity index (χ4n) is 5.00. The largest absolute Gasteiger partial charge is 0.491 e. The van der Waals surface area contributed by atoms with Crippen LogP contribution in [-0.2, 0) is 11.2 Å². The van der Waals surface area contributed by atoms with Gasteiger partial charge in [-0.05, 0) is 61.9 Å². The maximum Gasteiger partial charge on any atom is 0.257 e. The second-order valence-corrected chi connectivity index (χ2v) is 9.31. The maximum atomic E-state index is 13.4. The third kappa shape index (κ3) is 5.59. The van der Waals surface area contributed by atoms with E-state index in [2.05, 4.69) is 22.0 Å². The van der Waals surface area contributed by atoms with Crippen molar-refractivity contribution in [2.45, 2.75) is 25.7 Å². The van der Waals surface area contributed by atoms with Crippen LogP contribution in [-0.4, -0.2) is 78.2 Å². The van der Waals surface area contributed by atoms with Crippen LogP contribution >= 0.6 is 0 Å². The number of H-pyrrole nitrogens is 1. The Kier molecular flexibility index (Phi) is 7.41. The number of nitrogens with zero attached hydrogens (tertiary/aromatic N) is 3. The zero-order valence-corrected chi connectivity index (χ0v) is 19.7. The standard InChI is InChI=1S/C27H34N4O3/c32-27(24-5-1-2-6-25(24)34-19-16-30-14-17-33-18-15-30)31-12-3-4-21(10-13-31)20-23-8-7-22-9-11-28-26(22)29-23/h1-2,5-9,11,21H,3-4,10,12-20H2,(H,28,29). The molecular formula is C27H34N4O3. The van der Waals surface area contributed by atoms with Crippen molar-refractivity contribution in [3.63, 3.8) is 0 Å². The Morgan fingerprint density at radius 2 is 1.94 bits per heavy atom. The molecule has 34 heavy (non-hydrogen) atoms. The van der Waals surface area contributed by atoms with Gasteiger partial charge in [0, 0.05) is 50.0 Å². The lowest BCUT2D eigenvalue weighted by atomic mass is 9.95. The van der Waals surface area contributed by atoms with Gasteiger partial charge in [-0.3, -0.25) is 9.69 Å². The van der Waals surface area contributed by atoms with Gasteiger partial charge in [0.15, 0.2) is 0 Å². The number of hydrogen-bond donors (Lipinski definition) is 1. The van der Waals surface area contributed by atoms with Crippen molar-refractivity contribution in [3.8, 4) is 5.75 Å². The monoisotopic (exact) mass is 462 g/mol. The molecule has 5 rings (SSSR count). The molecular weight excluding hydrogens is 428 g/mol. The number of carbonyl (C=O) groups is 1. The van der Waals surface area contributed by atoms with Gasteiger partial charge in [0.05, 0.1) is 18.8 Å². The fourth-order valence-corrected chi connectivity index (χ4v) is 5.00. The first kappa shape index (κ1) is 22.9. The Hall–Kier alpha value is -2.90. The van der Waals surface area contributed by atoms with Crippen molar-refractivity contribution >= 4 is 16.9 Å². The van der Waals surface area contributed by atoms with Crippen LogP contribution in [0.25, 0.3) is 11.0 Å². The zero-order valence-electron chi connectivity index (χ0n) is 19.7. The normalized spacial score (nSPS) is 19.8. The van der Waals surface area contributed by atoms with Crippen molar-refractivity contribution in [1.29, 1.82) is 0 Å². The molecule has 0 saturated carbocycles. The molecule has 2 aliphatic heterocycles. The number of ether oxygens (including phenoxy) is 2. The summed E-state index contributed by atoms with van der Waals surface area (Å²) >= 11 is 0. The lowest BCUT2D eigenvalue weighted by molar-refractivity contribution is 0.0321. The molecule has 3 aromatic rings. The van der Waals surface area contributed by atoms with Crippen molar-refractivity contribution < 1.29 is 14.3 Å². The summed E-state index contributed by atoms with van der Waals surface area (Å²) < 4.78 is 11.5. The zero-order chi connectivity index (χ0) is 23.2. The van der Waals surface area contributed by atoms with Crippen LogP contribution in [0.15, 0.2) is 48.7 Å². The average Bonchev–Trinajstić information content (AvgIpc) is 3.22. The molecule has 2 saturated heterocycles. The highest BCUT2D eigenvalue weighted by Crippen LogP contribution is 2.25. The number of aromatic amines is 1. The first-order valence-corrected chi connectivity index (χ1v) is 12.5. The number of carbonyl (C=O) groups excluding carboxylic acids is 1. The molecule has 0 aliphatic carbocycles. The van der Waals surface area contributed by atoms with Crippen LogP contribution in [0.4, 0.5) is 0 Å². The van der Waals surface area contributed by atoms with Crippen LogP contribution in [0.5, 0.6) is 5.75 Å². The van der Waals surface area contributed by atoms with Gasteiger partial charge in [-0.25, -0.2) is 4.98 Å². The van der Waals surface area contributed by atoms with Crippen molar-refractivity contribution in [3.05, 3.63) is 59.9 Å². The quantitative estimate of drug-likeness (QED) is 0.579. The smallest absolute Gasteiger partial charge is 0.257 e. The first-order chi connectivity index (χ1) is 16.8. The topological polar surface area (TPSA) is 70.7 Å². The Morgan fingerprint density at radius 1 is 1.06 bits per heavy atom. The molecule has 4 heterocycles. The lowest BCUT2D eigenvalue weighted by Crippen LogP contribution is -2.38. The van der Waals surface area contributed by atoms with E-state index < -0.39 is 0 Å². The van der Waals surface area contributed by atoms with E-state index in [9.17, 15) is 4.79 Å². The molecule has 2 aromatic heterocycles. The Morgan fingerprint density at radius 3 is 2.85 bits per heavy atom. The minimum absolute atomic E-state index is 0.0774. The molecule has 7 nitrogen and oxygen atoms in total. The number of nitrogens with one attached hydrogen (secondary N) is 1. The number of pyridine rings is 1. The second kappa shape index (κ2) is 11.0. The highest BCUT2D eigenvalue weighted by Gasteiger charge is 2.24. The van der Waals surface area contributed by atoms with Crippen LogP contribution in [0.1, 0.15) is 35.3 Å². The molecule has 1 N–H and O–H groups in total. The van der Waals surface area contributed by atoms with Crippen molar-refractivity contribution in [1.82, 2.24) is 19.8 Å². The molecule has 0 spiro atoms. The van der Waals surface area contributed by atoms with Crippen molar-refractivity contribution in [2.24, 2.45) is 5.92 Å². The molecule has 1 atom stereocenters. The fraction of sp³-hybridized carbons (Fsp3) is 0.481.